The summed E-state index contributed by atoms with van der Waals surface area (Å²) in [6, 6.07) is 0.769. The van der Waals surface area contributed by atoms with Gasteiger partial charge in [0.2, 0.25) is 0 Å². The molecular formula is C12H30N4Si. The van der Waals surface area contributed by atoms with Crippen LogP contribution >= 0.6 is 0 Å². The average molecular weight is 258 g/mol. The van der Waals surface area contributed by atoms with Gasteiger partial charge in [-0.2, -0.15) is 0 Å². The third kappa shape index (κ3) is 4.03. The lowest BCUT2D eigenvalue weighted by atomic mass is 9.95. The topological polar surface area (TPSA) is 30.5 Å². The Hall–Kier alpha value is 0.0569. The van der Waals surface area contributed by atoms with Crippen molar-refractivity contribution in [2.24, 2.45) is 0 Å². The summed E-state index contributed by atoms with van der Waals surface area (Å²) in [7, 11) is 2.95. The molecule has 1 aliphatic carbocycles. The first-order valence-corrected chi connectivity index (χ1v) is 8.83. The van der Waals surface area contributed by atoms with Crippen molar-refractivity contribution >= 4 is 9.28 Å². The monoisotopic (exact) mass is 258 g/mol. The maximum atomic E-state index is 3.47. The lowest BCUT2D eigenvalue weighted by Gasteiger charge is -2.44. The summed E-state index contributed by atoms with van der Waals surface area (Å²) in [5, 5.41) is 2.61. The van der Waals surface area contributed by atoms with Gasteiger partial charge in [0.1, 0.15) is 0 Å². The summed E-state index contributed by atoms with van der Waals surface area (Å²) in [5.41, 5.74) is 0. The summed E-state index contributed by atoms with van der Waals surface area (Å²) in [4.78, 5) is 6.94. The van der Waals surface area contributed by atoms with Crippen LogP contribution in [0, 0.1) is 0 Å². The zero-order valence-electron chi connectivity index (χ0n) is 12.0. The molecule has 0 radical (unpaired) electrons. The number of nitrogens with one attached hydrogen (secondary N) is 2. The third-order valence-corrected chi connectivity index (χ3v) is 6.17. The van der Waals surface area contributed by atoms with E-state index in [0.717, 1.165) is 19.1 Å². The van der Waals surface area contributed by atoms with E-state index in [4.69, 9.17) is 0 Å². The molecule has 102 valence electrons. The van der Waals surface area contributed by atoms with Gasteiger partial charge in [-0.05, 0) is 26.9 Å². The minimum atomic E-state index is -1.19. The Balaban J connectivity index is 2.66. The molecule has 0 spiro atoms. The fourth-order valence-electron chi connectivity index (χ4n) is 2.98. The molecule has 1 aliphatic rings. The molecule has 0 amide bonds. The summed E-state index contributed by atoms with van der Waals surface area (Å²) in [6.07, 6.45) is 6.99. The molecule has 1 fully saturated rings. The van der Waals surface area contributed by atoms with Crippen molar-refractivity contribution in [2.45, 2.75) is 52.0 Å². The van der Waals surface area contributed by atoms with Crippen LogP contribution < -0.4 is 9.96 Å². The molecule has 0 bridgehead atoms. The molecule has 0 aromatic heterocycles. The Bertz CT molecular complexity index is 193. The fourth-order valence-corrected chi connectivity index (χ4v) is 4.88. The molecule has 0 unspecified atom stereocenters. The first kappa shape index (κ1) is 15.1. The van der Waals surface area contributed by atoms with E-state index in [1.165, 1.54) is 32.1 Å². The summed E-state index contributed by atoms with van der Waals surface area (Å²) in [5.74, 6) is 0. The van der Waals surface area contributed by atoms with E-state index in [9.17, 15) is 0 Å². The Morgan fingerprint density at radius 2 is 1.59 bits per heavy atom. The lowest BCUT2D eigenvalue weighted by molar-refractivity contribution is -0.00345. The van der Waals surface area contributed by atoms with Gasteiger partial charge in [0, 0.05) is 19.1 Å². The van der Waals surface area contributed by atoms with E-state index in [0.29, 0.717) is 0 Å². The molecule has 2 N–H and O–H groups in total. The van der Waals surface area contributed by atoms with Crippen LogP contribution in [0.15, 0.2) is 0 Å². The van der Waals surface area contributed by atoms with E-state index in [-0.39, 0.29) is 0 Å². The second-order valence-electron chi connectivity index (χ2n) is 4.78. The average Bonchev–Trinajstić information content (AvgIpc) is 2.40. The molecule has 4 nitrogen and oxygen atoms in total. The predicted molar refractivity (Wildman–Crippen MR) is 76.9 cm³/mol. The van der Waals surface area contributed by atoms with Crippen LogP contribution in [0.25, 0.3) is 0 Å². The Morgan fingerprint density at radius 3 is 2.00 bits per heavy atom. The highest BCUT2D eigenvalue weighted by atomic mass is 28.3. The molecule has 1 saturated carbocycles. The van der Waals surface area contributed by atoms with E-state index in [1.807, 2.05) is 0 Å². The summed E-state index contributed by atoms with van der Waals surface area (Å²) >= 11 is 0. The van der Waals surface area contributed by atoms with Gasteiger partial charge in [-0.25, -0.2) is 9.68 Å². The SMILES string of the molecule is CCN(C1CCCCC1)N(CC)[SiH](NC)NC. The van der Waals surface area contributed by atoms with Crippen molar-refractivity contribution in [1.29, 1.82) is 0 Å². The highest BCUT2D eigenvalue weighted by molar-refractivity contribution is 6.49. The van der Waals surface area contributed by atoms with Crippen LogP contribution in [0.2, 0.25) is 0 Å². The summed E-state index contributed by atoms with van der Waals surface area (Å²) < 4.78 is 2.57. The van der Waals surface area contributed by atoms with Crippen molar-refractivity contribution in [3.05, 3.63) is 0 Å². The maximum Gasteiger partial charge on any atom is 0.280 e. The molecule has 1 rings (SSSR count). The van der Waals surface area contributed by atoms with E-state index in [1.54, 1.807) is 0 Å². The third-order valence-electron chi connectivity index (χ3n) is 3.82. The van der Waals surface area contributed by atoms with Gasteiger partial charge in [0.25, 0.3) is 9.28 Å². The normalized spacial score (nSPS) is 18.5. The van der Waals surface area contributed by atoms with Crippen molar-refractivity contribution in [3.8, 4) is 0 Å². The van der Waals surface area contributed by atoms with Crippen LogP contribution in [-0.4, -0.2) is 52.2 Å². The van der Waals surface area contributed by atoms with E-state index >= 15 is 0 Å². The van der Waals surface area contributed by atoms with E-state index < -0.39 is 9.28 Å². The van der Waals surface area contributed by atoms with Crippen LogP contribution in [0.3, 0.4) is 0 Å². The Kier molecular flexibility index (Phi) is 7.30. The number of rotatable bonds is 7. The largest absolute Gasteiger partial charge is 0.318 e. The Labute approximate surface area is 109 Å². The molecule has 0 heterocycles. The molecule has 0 aliphatic heterocycles. The molecule has 0 atom stereocenters. The van der Waals surface area contributed by atoms with Crippen LogP contribution in [-0.2, 0) is 0 Å². The van der Waals surface area contributed by atoms with Gasteiger partial charge in [-0.3, -0.25) is 0 Å². The quantitative estimate of drug-likeness (QED) is 0.528. The van der Waals surface area contributed by atoms with Crippen LogP contribution in [0.1, 0.15) is 46.0 Å². The van der Waals surface area contributed by atoms with Crippen molar-refractivity contribution in [3.63, 3.8) is 0 Å². The highest BCUT2D eigenvalue weighted by Gasteiger charge is 2.28. The van der Waals surface area contributed by atoms with Gasteiger partial charge in [0.15, 0.2) is 0 Å². The standard InChI is InChI=1S/C12H30N4Si/c1-5-15(12-10-8-7-9-11-12)16(6-2)17(13-3)14-4/h12-14,17H,5-11H2,1-4H3. The summed E-state index contributed by atoms with van der Waals surface area (Å²) in [6.45, 7) is 6.78. The molecule has 17 heavy (non-hydrogen) atoms. The molecule has 0 aromatic carbocycles. The molecule has 0 saturated heterocycles. The first-order valence-electron chi connectivity index (χ1n) is 7.16. The number of hydrogen-bond donors (Lipinski definition) is 2. The van der Waals surface area contributed by atoms with E-state index in [2.05, 4.69) is 47.6 Å². The number of hydrogen-bond acceptors (Lipinski definition) is 4. The fraction of sp³-hybridized carbons (Fsp3) is 1.00. The minimum Gasteiger partial charge on any atom is -0.318 e. The maximum absolute atomic E-state index is 3.47. The molecule has 5 heteroatoms. The number of nitrogens with zero attached hydrogens (tertiary/aromatic N) is 2. The highest BCUT2D eigenvalue weighted by Crippen LogP contribution is 2.23. The number of hydrazine groups is 1. The predicted octanol–water partition coefficient (Wildman–Crippen LogP) is 1.03. The molecule has 0 aromatic rings. The lowest BCUT2D eigenvalue weighted by Crippen LogP contribution is -2.65. The zero-order chi connectivity index (χ0) is 12.7. The van der Waals surface area contributed by atoms with Gasteiger partial charge in [0.05, 0.1) is 0 Å². The second-order valence-corrected chi connectivity index (χ2v) is 7.34. The van der Waals surface area contributed by atoms with Gasteiger partial charge in [-0.15, -0.1) is 0 Å². The van der Waals surface area contributed by atoms with Gasteiger partial charge >= 0.3 is 0 Å². The first-order chi connectivity index (χ1) is 8.28. The second kappa shape index (κ2) is 8.21. The zero-order valence-corrected chi connectivity index (χ0v) is 13.2. The van der Waals surface area contributed by atoms with Crippen LogP contribution in [0.4, 0.5) is 0 Å². The van der Waals surface area contributed by atoms with Crippen molar-refractivity contribution in [2.75, 3.05) is 27.2 Å². The van der Waals surface area contributed by atoms with Crippen LogP contribution in [0.5, 0.6) is 0 Å². The Morgan fingerprint density at radius 1 is 1.00 bits per heavy atom. The minimum absolute atomic E-state index is 0.769. The smallest absolute Gasteiger partial charge is 0.280 e. The van der Waals surface area contributed by atoms with Crippen molar-refractivity contribution in [1.82, 2.24) is 19.6 Å². The van der Waals surface area contributed by atoms with Gasteiger partial charge < -0.3 is 9.96 Å². The van der Waals surface area contributed by atoms with Gasteiger partial charge in [-0.1, -0.05) is 33.1 Å². The molecular weight excluding hydrogens is 228 g/mol. The van der Waals surface area contributed by atoms with Crippen molar-refractivity contribution < 1.29 is 0 Å².